The lowest BCUT2D eigenvalue weighted by molar-refractivity contribution is 0.387. The number of hydrogen-bond donors (Lipinski definition) is 1. The molecule has 22 heavy (non-hydrogen) atoms. The van der Waals surface area contributed by atoms with Gasteiger partial charge in [0, 0.05) is 11.1 Å². The molecule has 3 rings (SSSR count). The minimum atomic E-state index is -0.397. The van der Waals surface area contributed by atoms with Crippen molar-refractivity contribution >= 4 is 16.5 Å². The van der Waals surface area contributed by atoms with Gasteiger partial charge in [-0.25, -0.2) is 4.39 Å². The zero-order valence-corrected chi connectivity index (χ0v) is 12.1. The van der Waals surface area contributed by atoms with E-state index in [2.05, 4.69) is 6.58 Å². The van der Waals surface area contributed by atoms with Crippen LogP contribution in [0, 0.1) is 5.82 Å². The number of rotatable bonds is 3. The number of hydrogen-bond acceptors (Lipinski definition) is 2. The first kappa shape index (κ1) is 14.1. The summed E-state index contributed by atoms with van der Waals surface area (Å²) >= 11 is 0. The first-order valence-electron chi connectivity index (χ1n) is 6.85. The lowest BCUT2D eigenvalue weighted by Gasteiger charge is -2.11. The summed E-state index contributed by atoms with van der Waals surface area (Å²) < 4.78 is 19.6. The molecule has 0 spiro atoms. The highest BCUT2D eigenvalue weighted by atomic mass is 19.1. The van der Waals surface area contributed by atoms with Crippen molar-refractivity contribution in [2.24, 2.45) is 0 Å². The Morgan fingerprint density at radius 1 is 1.05 bits per heavy atom. The third-order valence-electron chi connectivity index (χ3n) is 3.69. The quantitative estimate of drug-likeness (QED) is 0.674. The van der Waals surface area contributed by atoms with Crippen molar-refractivity contribution in [1.29, 1.82) is 0 Å². The van der Waals surface area contributed by atoms with Crippen molar-refractivity contribution in [3.63, 3.8) is 0 Å². The van der Waals surface area contributed by atoms with E-state index in [1.54, 1.807) is 24.3 Å². The van der Waals surface area contributed by atoms with E-state index in [4.69, 9.17) is 4.74 Å². The van der Waals surface area contributed by atoms with Gasteiger partial charge in [-0.3, -0.25) is 0 Å². The van der Waals surface area contributed by atoms with Crippen molar-refractivity contribution in [3.8, 4) is 16.9 Å². The highest BCUT2D eigenvalue weighted by Crippen LogP contribution is 2.34. The van der Waals surface area contributed by atoms with E-state index in [9.17, 15) is 9.50 Å². The molecule has 0 amide bonds. The molecule has 0 fully saturated rings. The third-order valence-corrected chi connectivity index (χ3v) is 3.69. The third kappa shape index (κ3) is 2.31. The van der Waals surface area contributed by atoms with Gasteiger partial charge in [-0.1, -0.05) is 49.0 Å². The Balaban J connectivity index is 2.31. The lowest BCUT2D eigenvalue weighted by Crippen LogP contribution is -1.92. The summed E-state index contributed by atoms with van der Waals surface area (Å²) in [6, 6.07) is 16.2. The Labute approximate surface area is 128 Å². The molecule has 0 aliphatic rings. The standard InChI is InChI=1S/C19H15FO2/c1-12(21)14-10-9-13-5-3-6-15(17(13)11-14)16-7-4-8-18(22-2)19(16)20/h3-11,21H,1H2,2H3. The maximum atomic E-state index is 14.6. The minimum absolute atomic E-state index is 0.0113. The molecule has 3 aromatic carbocycles. The van der Waals surface area contributed by atoms with Gasteiger partial charge < -0.3 is 9.84 Å². The van der Waals surface area contributed by atoms with E-state index < -0.39 is 5.82 Å². The topological polar surface area (TPSA) is 29.5 Å². The summed E-state index contributed by atoms with van der Waals surface area (Å²) in [6.45, 7) is 3.54. The van der Waals surface area contributed by atoms with Crippen LogP contribution in [-0.2, 0) is 0 Å². The summed E-state index contributed by atoms with van der Waals surface area (Å²) in [5.74, 6) is -0.203. The summed E-state index contributed by atoms with van der Waals surface area (Å²) in [6.07, 6.45) is 0. The Kier molecular flexibility index (Phi) is 3.55. The first-order chi connectivity index (χ1) is 10.6. The summed E-state index contributed by atoms with van der Waals surface area (Å²) in [4.78, 5) is 0. The molecule has 3 heteroatoms. The second-order valence-electron chi connectivity index (χ2n) is 5.01. The lowest BCUT2D eigenvalue weighted by atomic mass is 9.96. The maximum Gasteiger partial charge on any atom is 0.172 e. The number of methoxy groups -OCH3 is 1. The van der Waals surface area contributed by atoms with E-state index in [0.717, 1.165) is 16.3 Å². The van der Waals surface area contributed by atoms with Gasteiger partial charge in [-0.15, -0.1) is 0 Å². The van der Waals surface area contributed by atoms with Crippen LogP contribution >= 0.6 is 0 Å². The number of aliphatic hydroxyl groups is 1. The molecule has 0 atom stereocenters. The molecule has 2 nitrogen and oxygen atoms in total. The first-order valence-corrected chi connectivity index (χ1v) is 6.85. The van der Waals surface area contributed by atoms with Crippen molar-refractivity contribution in [2.45, 2.75) is 0 Å². The molecule has 0 aliphatic heterocycles. The van der Waals surface area contributed by atoms with Gasteiger partial charge >= 0.3 is 0 Å². The molecule has 0 aliphatic carbocycles. The summed E-state index contributed by atoms with van der Waals surface area (Å²) in [7, 11) is 1.44. The minimum Gasteiger partial charge on any atom is -0.508 e. The van der Waals surface area contributed by atoms with Gasteiger partial charge in [-0.2, -0.15) is 0 Å². The Hall–Kier alpha value is -2.81. The van der Waals surface area contributed by atoms with Gasteiger partial charge in [0.25, 0.3) is 0 Å². The fourth-order valence-corrected chi connectivity index (χ4v) is 2.56. The van der Waals surface area contributed by atoms with E-state index >= 15 is 0 Å². The van der Waals surface area contributed by atoms with Crippen molar-refractivity contribution in [3.05, 3.63) is 72.6 Å². The van der Waals surface area contributed by atoms with E-state index in [-0.39, 0.29) is 11.5 Å². The molecule has 0 heterocycles. The normalized spacial score (nSPS) is 10.6. The smallest absolute Gasteiger partial charge is 0.172 e. The zero-order chi connectivity index (χ0) is 15.7. The van der Waals surface area contributed by atoms with Crippen LogP contribution in [0.3, 0.4) is 0 Å². The zero-order valence-electron chi connectivity index (χ0n) is 12.1. The van der Waals surface area contributed by atoms with Crippen LogP contribution in [0.15, 0.2) is 61.2 Å². The monoisotopic (exact) mass is 294 g/mol. The average molecular weight is 294 g/mol. The summed E-state index contributed by atoms with van der Waals surface area (Å²) in [5, 5.41) is 11.4. The predicted molar refractivity (Wildman–Crippen MR) is 87.6 cm³/mol. The van der Waals surface area contributed by atoms with Crippen LogP contribution in [0.25, 0.3) is 27.7 Å². The van der Waals surface area contributed by atoms with Gasteiger partial charge in [0.05, 0.1) is 7.11 Å². The second-order valence-corrected chi connectivity index (χ2v) is 5.01. The molecule has 0 radical (unpaired) electrons. The number of aliphatic hydroxyl groups excluding tert-OH is 1. The molecule has 0 saturated heterocycles. The highest BCUT2D eigenvalue weighted by molar-refractivity contribution is 5.98. The predicted octanol–water partition coefficient (Wildman–Crippen LogP) is 5.18. The molecular formula is C19H15FO2. The Morgan fingerprint density at radius 3 is 2.50 bits per heavy atom. The molecule has 0 saturated carbocycles. The number of ether oxygens (including phenoxy) is 1. The van der Waals surface area contributed by atoms with Crippen LogP contribution in [0.4, 0.5) is 4.39 Å². The molecule has 0 aromatic heterocycles. The highest BCUT2D eigenvalue weighted by Gasteiger charge is 2.13. The van der Waals surface area contributed by atoms with E-state index in [0.29, 0.717) is 11.1 Å². The van der Waals surface area contributed by atoms with Crippen molar-refractivity contribution in [1.82, 2.24) is 0 Å². The van der Waals surface area contributed by atoms with Gasteiger partial charge in [0.2, 0.25) is 0 Å². The van der Waals surface area contributed by atoms with Crippen molar-refractivity contribution < 1.29 is 14.2 Å². The molecule has 3 aromatic rings. The van der Waals surface area contributed by atoms with E-state index in [1.165, 1.54) is 7.11 Å². The van der Waals surface area contributed by atoms with Crippen LogP contribution in [0.5, 0.6) is 5.75 Å². The van der Waals surface area contributed by atoms with Crippen LogP contribution in [0.1, 0.15) is 5.56 Å². The fourth-order valence-electron chi connectivity index (χ4n) is 2.56. The summed E-state index contributed by atoms with van der Waals surface area (Å²) in [5.41, 5.74) is 1.82. The van der Waals surface area contributed by atoms with E-state index in [1.807, 2.05) is 30.3 Å². The van der Waals surface area contributed by atoms with Gasteiger partial charge in [-0.05, 0) is 28.5 Å². The number of halogens is 1. The second kappa shape index (κ2) is 5.53. The van der Waals surface area contributed by atoms with Crippen LogP contribution in [0.2, 0.25) is 0 Å². The molecule has 0 bridgehead atoms. The van der Waals surface area contributed by atoms with Crippen molar-refractivity contribution in [2.75, 3.05) is 7.11 Å². The average Bonchev–Trinajstić information content (AvgIpc) is 2.54. The molecule has 1 N–H and O–H groups in total. The number of benzene rings is 3. The van der Waals surface area contributed by atoms with Gasteiger partial charge in [0.1, 0.15) is 5.76 Å². The Morgan fingerprint density at radius 2 is 1.77 bits per heavy atom. The fraction of sp³-hybridized carbons (Fsp3) is 0.0526. The SMILES string of the molecule is C=C(O)c1ccc2cccc(-c3cccc(OC)c3F)c2c1. The maximum absolute atomic E-state index is 14.6. The largest absolute Gasteiger partial charge is 0.508 e. The molecular weight excluding hydrogens is 279 g/mol. The van der Waals surface area contributed by atoms with Crippen LogP contribution in [-0.4, -0.2) is 12.2 Å². The molecule has 110 valence electrons. The number of fused-ring (bicyclic) bond motifs is 1. The van der Waals surface area contributed by atoms with Crippen LogP contribution < -0.4 is 4.74 Å². The Bertz CT molecular complexity index is 868. The van der Waals surface area contributed by atoms with Gasteiger partial charge in [0.15, 0.2) is 11.6 Å². The molecule has 0 unspecified atom stereocenters.